The normalized spacial score (nSPS) is 13.1. The number of rotatable bonds is 8. The van der Waals surface area contributed by atoms with Crippen molar-refractivity contribution >= 4 is 50.7 Å². The Morgan fingerprint density at radius 3 is 2.08 bits per heavy atom. The van der Waals surface area contributed by atoms with Crippen LogP contribution in [0.2, 0.25) is 10.0 Å². The summed E-state index contributed by atoms with van der Waals surface area (Å²) in [6, 6.07) is 7.57. The number of amides is 2. The van der Waals surface area contributed by atoms with Crippen molar-refractivity contribution in [1.29, 1.82) is 0 Å². The molecule has 0 fully saturated rings. The van der Waals surface area contributed by atoms with Crippen molar-refractivity contribution in [2.45, 2.75) is 52.0 Å². The molecule has 0 saturated heterocycles. The predicted octanol–water partition coefficient (Wildman–Crippen LogP) is 5.11. The van der Waals surface area contributed by atoms with Crippen molar-refractivity contribution in [3.8, 4) is 0 Å². The third-order valence-electron chi connectivity index (χ3n) is 5.15. The van der Waals surface area contributed by atoms with Gasteiger partial charge >= 0.3 is 6.18 Å². The highest BCUT2D eigenvalue weighted by Crippen LogP contribution is 2.36. The molecule has 37 heavy (non-hydrogen) atoms. The minimum absolute atomic E-state index is 0.0946. The summed E-state index contributed by atoms with van der Waals surface area (Å²) in [5, 5.41) is 2.92. The summed E-state index contributed by atoms with van der Waals surface area (Å²) in [4.78, 5) is 27.5. The average molecular weight is 582 g/mol. The van der Waals surface area contributed by atoms with E-state index in [0.29, 0.717) is 27.0 Å². The number of benzene rings is 2. The SMILES string of the molecule is C[C@H](C(=O)NC(C)(C)C)N(Cc1ccc(Cl)cc1)C(=O)CN(c1cc(C(F)(F)F)ccc1Cl)S(C)(=O)=O. The Balaban J connectivity index is 2.51. The topological polar surface area (TPSA) is 86.8 Å². The first-order valence-electron chi connectivity index (χ1n) is 11.0. The lowest BCUT2D eigenvalue weighted by Crippen LogP contribution is -2.54. The van der Waals surface area contributed by atoms with E-state index >= 15 is 0 Å². The molecule has 0 heterocycles. The number of carbonyl (C=O) groups excluding carboxylic acids is 2. The summed E-state index contributed by atoms with van der Waals surface area (Å²) < 4.78 is 65.7. The maximum atomic E-state index is 13.5. The van der Waals surface area contributed by atoms with E-state index in [-0.39, 0.29) is 11.6 Å². The zero-order valence-corrected chi connectivity index (χ0v) is 23.2. The zero-order valence-electron chi connectivity index (χ0n) is 20.9. The molecule has 2 amide bonds. The molecule has 204 valence electrons. The Kier molecular flexibility index (Phi) is 9.54. The molecule has 0 radical (unpaired) electrons. The van der Waals surface area contributed by atoms with Crippen LogP contribution < -0.4 is 9.62 Å². The second-order valence-electron chi connectivity index (χ2n) is 9.50. The number of carbonyl (C=O) groups is 2. The van der Waals surface area contributed by atoms with E-state index in [1.807, 2.05) is 0 Å². The second kappa shape index (κ2) is 11.5. The highest BCUT2D eigenvalue weighted by Gasteiger charge is 2.35. The predicted molar refractivity (Wildman–Crippen MR) is 138 cm³/mol. The van der Waals surface area contributed by atoms with Gasteiger partial charge in [0.1, 0.15) is 12.6 Å². The zero-order chi connectivity index (χ0) is 28.3. The quantitative estimate of drug-likeness (QED) is 0.469. The van der Waals surface area contributed by atoms with Gasteiger partial charge in [0, 0.05) is 17.1 Å². The van der Waals surface area contributed by atoms with Crippen LogP contribution >= 0.6 is 23.2 Å². The van der Waals surface area contributed by atoms with Crippen molar-refractivity contribution in [3.63, 3.8) is 0 Å². The smallest absolute Gasteiger partial charge is 0.350 e. The average Bonchev–Trinajstić information content (AvgIpc) is 2.74. The summed E-state index contributed by atoms with van der Waals surface area (Å²) in [5.74, 6) is -1.33. The molecule has 0 aromatic heterocycles. The minimum Gasteiger partial charge on any atom is -0.350 e. The Bertz CT molecular complexity index is 1250. The van der Waals surface area contributed by atoms with Crippen LogP contribution in [0.3, 0.4) is 0 Å². The molecule has 0 aliphatic carbocycles. The van der Waals surface area contributed by atoms with Crippen molar-refractivity contribution in [2.24, 2.45) is 0 Å². The molecule has 0 aliphatic heterocycles. The van der Waals surface area contributed by atoms with Gasteiger partial charge in [-0.1, -0.05) is 35.3 Å². The third kappa shape index (κ3) is 8.79. The Morgan fingerprint density at radius 2 is 1.59 bits per heavy atom. The van der Waals surface area contributed by atoms with Gasteiger partial charge in [-0.05, 0) is 63.6 Å². The van der Waals surface area contributed by atoms with E-state index in [2.05, 4.69) is 5.32 Å². The number of anilines is 1. The first kappa shape index (κ1) is 30.7. The fourth-order valence-electron chi connectivity index (χ4n) is 3.32. The van der Waals surface area contributed by atoms with Gasteiger partial charge in [0.05, 0.1) is 22.5 Å². The van der Waals surface area contributed by atoms with Gasteiger partial charge in [-0.15, -0.1) is 0 Å². The molecule has 0 unspecified atom stereocenters. The molecular weight excluding hydrogens is 554 g/mol. The molecule has 0 aliphatic rings. The lowest BCUT2D eigenvalue weighted by atomic mass is 10.1. The van der Waals surface area contributed by atoms with Crippen LogP contribution in [0, 0.1) is 0 Å². The molecule has 7 nitrogen and oxygen atoms in total. The first-order valence-corrected chi connectivity index (χ1v) is 13.6. The third-order valence-corrected chi connectivity index (χ3v) is 6.85. The molecule has 13 heteroatoms. The number of nitrogens with one attached hydrogen (secondary N) is 1. The molecule has 2 aromatic carbocycles. The monoisotopic (exact) mass is 581 g/mol. The number of hydrogen-bond donors (Lipinski definition) is 1. The number of hydrogen-bond acceptors (Lipinski definition) is 4. The fraction of sp³-hybridized carbons (Fsp3) is 0.417. The highest BCUT2D eigenvalue weighted by atomic mass is 35.5. The molecule has 2 rings (SSSR count). The van der Waals surface area contributed by atoms with E-state index in [9.17, 15) is 31.2 Å². The van der Waals surface area contributed by atoms with E-state index in [1.165, 1.54) is 6.92 Å². The Labute approximate surface area is 224 Å². The summed E-state index contributed by atoms with van der Waals surface area (Å²) in [5.41, 5.74) is -1.67. The van der Waals surface area contributed by atoms with Crippen molar-refractivity contribution in [2.75, 3.05) is 17.1 Å². The van der Waals surface area contributed by atoms with Crippen LogP contribution in [-0.4, -0.2) is 49.5 Å². The molecule has 0 spiro atoms. The first-order chi connectivity index (χ1) is 16.8. The minimum atomic E-state index is -4.77. The summed E-state index contributed by atoms with van der Waals surface area (Å²) in [6.45, 7) is 5.75. The molecule has 1 atom stereocenters. The van der Waals surface area contributed by atoms with Gasteiger partial charge < -0.3 is 10.2 Å². The van der Waals surface area contributed by atoms with Crippen LogP contribution in [0.5, 0.6) is 0 Å². The van der Waals surface area contributed by atoms with E-state index in [1.54, 1.807) is 45.0 Å². The number of sulfonamides is 1. The summed E-state index contributed by atoms with van der Waals surface area (Å²) >= 11 is 12.0. The van der Waals surface area contributed by atoms with Gasteiger partial charge in [-0.25, -0.2) is 8.42 Å². The molecular formula is C24H28Cl2F3N3O4S. The van der Waals surface area contributed by atoms with Crippen molar-refractivity contribution in [3.05, 3.63) is 63.6 Å². The van der Waals surface area contributed by atoms with E-state index in [4.69, 9.17) is 23.2 Å². The molecule has 1 N–H and O–H groups in total. The van der Waals surface area contributed by atoms with Crippen LogP contribution in [0.1, 0.15) is 38.8 Å². The number of alkyl halides is 3. The summed E-state index contributed by atoms with van der Waals surface area (Å²) in [6.07, 6.45) is -4.02. The van der Waals surface area contributed by atoms with Crippen LogP contribution in [0.4, 0.5) is 18.9 Å². The van der Waals surface area contributed by atoms with Crippen LogP contribution in [-0.2, 0) is 32.3 Å². The van der Waals surface area contributed by atoms with Gasteiger partial charge in [-0.2, -0.15) is 13.2 Å². The lowest BCUT2D eigenvalue weighted by Gasteiger charge is -2.33. The van der Waals surface area contributed by atoms with Crippen LogP contribution in [0.25, 0.3) is 0 Å². The largest absolute Gasteiger partial charge is 0.416 e. The van der Waals surface area contributed by atoms with Gasteiger partial charge in [-0.3, -0.25) is 13.9 Å². The molecule has 2 aromatic rings. The maximum Gasteiger partial charge on any atom is 0.416 e. The van der Waals surface area contributed by atoms with Crippen molar-refractivity contribution < 1.29 is 31.2 Å². The highest BCUT2D eigenvalue weighted by molar-refractivity contribution is 7.92. The van der Waals surface area contributed by atoms with Crippen molar-refractivity contribution in [1.82, 2.24) is 10.2 Å². The molecule has 0 saturated carbocycles. The number of nitrogens with zero attached hydrogens (tertiary/aromatic N) is 2. The summed E-state index contributed by atoms with van der Waals surface area (Å²) in [7, 11) is -4.27. The van der Waals surface area contributed by atoms with E-state index in [0.717, 1.165) is 17.2 Å². The van der Waals surface area contributed by atoms with E-state index < -0.39 is 57.4 Å². The Hall–Kier alpha value is -2.50. The van der Waals surface area contributed by atoms with Gasteiger partial charge in [0.15, 0.2) is 0 Å². The standard InChI is InChI=1S/C24H28Cl2F3N3O4S/c1-15(22(34)30-23(2,3)4)31(13-16-6-9-18(25)10-7-16)21(33)14-32(37(5,35)36)20-12-17(24(27,28)29)8-11-19(20)26/h6-12,15H,13-14H2,1-5H3,(H,30,34)/t15-/m1/s1. The van der Waals surface area contributed by atoms with Gasteiger partial charge in [0.25, 0.3) is 0 Å². The Morgan fingerprint density at radius 1 is 1.03 bits per heavy atom. The lowest BCUT2D eigenvalue weighted by molar-refractivity contribution is -0.140. The van der Waals surface area contributed by atoms with Gasteiger partial charge in [0.2, 0.25) is 21.8 Å². The maximum absolute atomic E-state index is 13.5. The second-order valence-corrected chi connectivity index (χ2v) is 12.2. The fourth-order valence-corrected chi connectivity index (χ4v) is 4.57. The van der Waals surface area contributed by atoms with Crippen LogP contribution in [0.15, 0.2) is 42.5 Å². The number of halogens is 5. The molecule has 0 bridgehead atoms.